The lowest BCUT2D eigenvalue weighted by Crippen LogP contribution is -2.21. The lowest BCUT2D eigenvalue weighted by molar-refractivity contribution is 0.675. The van der Waals surface area contributed by atoms with Crippen molar-refractivity contribution in [3.05, 3.63) is 174 Å². The summed E-state index contributed by atoms with van der Waals surface area (Å²) in [6, 6.07) is 52.2. The van der Waals surface area contributed by atoms with Gasteiger partial charge in [0, 0.05) is 17.3 Å². The molecule has 1 nitrogen and oxygen atoms in total. The quantitative estimate of drug-likeness (QED) is 0.259. The Hall–Kier alpha value is -4.36. The second kappa shape index (κ2) is 9.48. The van der Waals surface area contributed by atoms with Crippen molar-refractivity contribution in [1.82, 2.24) is 0 Å². The fraction of sp³-hybridized carbons (Fsp3) is 0.0588. The third-order valence-corrected chi connectivity index (χ3v) is 6.87. The van der Waals surface area contributed by atoms with Gasteiger partial charge >= 0.3 is 0 Å². The van der Waals surface area contributed by atoms with Crippen molar-refractivity contribution in [2.75, 3.05) is 4.90 Å². The molecule has 168 valence electrons. The lowest BCUT2D eigenvalue weighted by Gasteiger charge is -2.30. The van der Waals surface area contributed by atoms with Crippen LogP contribution in [0, 0.1) is 0 Å². The molecular weight excluding hydrogens is 422 g/mol. The van der Waals surface area contributed by atoms with Crippen LogP contribution < -0.4 is 4.90 Å². The third-order valence-electron chi connectivity index (χ3n) is 6.87. The van der Waals surface area contributed by atoms with E-state index in [2.05, 4.69) is 157 Å². The molecule has 0 aliphatic carbocycles. The van der Waals surface area contributed by atoms with Crippen LogP contribution in [0.2, 0.25) is 0 Å². The number of hydrogen-bond acceptors (Lipinski definition) is 1. The van der Waals surface area contributed by atoms with Gasteiger partial charge in [-0.2, -0.15) is 0 Å². The van der Waals surface area contributed by atoms with Gasteiger partial charge in [0.15, 0.2) is 0 Å². The average Bonchev–Trinajstić information content (AvgIpc) is 3.27. The second-order valence-electron chi connectivity index (χ2n) is 8.96. The Balaban J connectivity index is 1.59. The first kappa shape index (κ1) is 21.2. The van der Waals surface area contributed by atoms with Crippen LogP contribution in [0.15, 0.2) is 152 Å². The molecule has 0 spiro atoms. The van der Waals surface area contributed by atoms with E-state index in [-0.39, 0.29) is 12.0 Å². The summed E-state index contributed by atoms with van der Waals surface area (Å²) in [5, 5.41) is 0. The zero-order valence-corrected chi connectivity index (χ0v) is 19.5. The van der Waals surface area contributed by atoms with E-state index in [4.69, 9.17) is 0 Å². The third kappa shape index (κ3) is 4.06. The molecule has 0 fully saturated rings. The van der Waals surface area contributed by atoms with Crippen molar-refractivity contribution in [2.45, 2.75) is 12.0 Å². The van der Waals surface area contributed by atoms with Crippen LogP contribution in [-0.4, -0.2) is 0 Å². The molecule has 5 aromatic rings. The van der Waals surface area contributed by atoms with Crippen molar-refractivity contribution in [1.29, 1.82) is 0 Å². The highest BCUT2D eigenvalue weighted by molar-refractivity contribution is 5.83. The zero-order chi connectivity index (χ0) is 23.5. The van der Waals surface area contributed by atoms with Gasteiger partial charge in [0.05, 0.1) is 6.04 Å². The first-order valence-corrected chi connectivity index (χ1v) is 12.2. The molecule has 5 aromatic carbocycles. The first-order valence-electron chi connectivity index (χ1n) is 12.2. The molecule has 6 rings (SSSR count). The fourth-order valence-electron chi connectivity index (χ4n) is 5.32. The van der Waals surface area contributed by atoms with Gasteiger partial charge in [0.1, 0.15) is 0 Å². The summed E-state index contributed by atoms with van der Waals surface area (Å²) in [7, 11) is 0. The van der Waals surface area contributed by atoms with Crippen LogP contribution >= 0.6 is 0 Å². The van der Waals surface area contributed by atoms with Crippen LogP contribution in [-0.2, 0) is 0 Å². The summed E-state index contributed by atoms with van der Waals surface area (Å²) >= 11 is 0. The standard InChI is InChI=1S/C34H27N/c1-5-15-26(16-6-1)31(27-17-7-2-8-18-27)25-32-30-23-13-14-24-33(30)35(29-21-11-4-12-22-29)34(32)28-19-9-3-10-20-28/h1-25,32,34H/t32-,34+/m0/s1. The Kier molecular flexibility index (Phi) is 5.74. The number of benzene rings is 5. The molecule has 0 amide bonds. The predicted octanol–water partition coefficient (Wildman–Crippen LogP) is 8.80. The minimum Gasteiger partial charge on any atom is -0.333 e. The Morgan fingerprint density at radius 1 is 0.514 bits per heavy atom. The summed E-state index contributed by atoms with van der Waals surface area (Å²) in [5.41, 5.74) is 8.90. The van der Waals surface area contributed by atoms with E-state index in [0.29, 0.717) is 0 Å². The summed E-state index contributed by atoms with van der Waals surface area (Å²) in [6.07, 6.45) is 2.49. The predicted molar refractivity (Wildman–Crippen MR) is 147 cm³/mol. The zero-order valence-electron chi connectivity index (χ0n) is 19.5. The number of nitrogens with zero attached hydrogens (tertiary/aromatic N) is 1. The molecule has 2 atom stereocenters. The highest BCUT2D eigenvalue weighted by Crippen LogP contribution is 2.53. The molecular formula is C34H27N. The van der Waals surface area contributed by atoms with E-state index < -0.39 is 0 Å². The molecule has 1 heterocycles. The van der Waals surface area contributed by atoms with Crippen molar-refractivity contribution >= 4 is 16.9 Å². The molecule has 35 heavy (non-hydrogen) atoms. The Labute approximate surface area is 207 Å². The van der Waals surface area contributed by atoms with Crippen molar-refractivity contribution in [3.8, 4) is 0 Å². The topological polar surface area (TPSA) is 3.24 Å². The van der Waals surface area contributed by atoms with Crippen LogP contribution in [0.4, 0.5) is 11.4 Å². The Morgan fingerprint density at radius 3 is 1.60 bits per heavy atom. The minimum absolute atomic E-state index is 0.151. The van der Waals surface area contributed by atoms with Gasteiger partial charge in [-0.3, -0.25) is 0 Å². The number of rotatable bonds is 5. The Bertz CT molecular complexity index is 1380. The molecule has 0 saturated carbocycles. The largest absolute Gasteiger partial charge is 0.333 e. The van der Waals surface area contributed by atoms with E-state index in [1.807, 2.05) is 0 Å². The molecule has 0 unspecified atom stereocenters. The molecule has 0 aromatic heterocycles. The maximum absolute atomic E-state index is 2.51. The van der Waals surface area contributed by atoms with Crippen LogP contribution in [0.5, 0.6) is 0 Å². The molecule has 0 bridgehead atoms. The lowest BCUT2D eigenvalue weighted by atomic mass is 9.85. The smallest absolute Gasteiger partial charge is 0.0696 e. The van der Waals surface area contributed by atoms with E-state index in [1.54, 1.807) is 0 Å². The fourth-order valence-corrected chi connectivity index (χ4v) is 5.32. The maximum Gasteiger partial charge on any atom is 0.0696 e. The first-order chi connectivity index (χ1) is 17.4. The molecule has 1 heteroatoms. The van der Waals surface area contributed by atoms with Gasteiger partial charge in [0.2, 0.25) is 0 Å². The van der Waals surface area contributed by atoms with Crippen molar-refractivity contribution in [3.63, 3.8) is 0 Å². The summed E-state index contributed by atoms with van der Waals surface area (Å²) in [4.78, 5) is 2.51. The summed E-state index contributed by atoms with van der Waals surface area (Å²) < 4.78 is 0. The van der Waals surface area contributed by atoms with Gasteiger partial charge < -0.3 is 4.90 Å². The van der Waals surface area contributed by atoms with Crippen LogP contribution in [0.25, 0.3) is 5.57 Å². The number of anilines is 2. The SMILES string of the molecule is C(=C(c1ccccc1)c1ccccc1)[C@H]1c2ccccc2N(c2ccccc2)[C@@H]1c1ccccc1. The van der Waals surface area contributed by atoms with Crippen molar-refractivity contribution < 1.29 is 0 Å². The molecule has 0 radical (unpaired) electrons. The highest BCUT2D eigenvalue weighted by Gasteiger charge is 2.39. The molecule has 1 aliphatic rings. The van der Waals surface area contributed by atoms with Gasteiger partial charge in [-0.25, -0.2) is 0 Å². The monoisotopic (exact) mass is 449 g/mol. The molecule has 0 N–H and O–H groups in total. The molecule has 0 saturated heterocycles. The van der Waals surface area contributed by atoms with E-state index in [1.165, 1.54) is 39.2 Å². The van der Waals surface area contributed by atoms with E-state index in [9.17, 15) is 0 Å². The average molecular weight is 450 g/mol. The summed E-state index contributed by atoms with van der Waals surface area (Å²) in [6.45, 7) is 0. The normalized spacial score (nSPS) is 16.5. The number of fused-ring (bicyclic) bond motifs is 1. The number of para-hydroxylation sites is 2. The maximum atomic E-state index is 2.51. The highest BCUT2D eigenvalue weighted by atomic mass is 15.2. The van der Waals surface area contributed by atoms with Gasteiger partial charge in [-0.05, 0) is 46.0 Å². The van der Waals surface area contributed by atoms with Gasteiger partial charge in [-0.15, -0.1) is 0 Å². The minimum atomic E-state index is 0.151. The van der Waals surface area contributed by atoms with Gasteiger partial charge in [-0.1, -0.05) is 133 Å². The van der Waals surface area contributed by atoms with Crippen LogP contribution in [0.1, 0.15) is 34.2 Å². The number of hydrogen-bond donors (Lipinski definition) is 0. The van der Waals surface area contributed by atoms with E-state index in [0.717, 1.165) is 0 Å². The second-order valence-corrected chi connectivity index (χ2v) is 8.96. The molecule has 1 aliphatic heterocycles. The van der Waals surface area contributed by atoms with E-state index >= 15 is 0 Å². The summed E-state index contributed by atoms with van der Waals surface area (Å²) in [5.74, 6) is 0.184. The van der Waals surface area contributed by atoms with Crippen molar-refractivity contribution in [2.24, 2.45) is 0 Å². The Morgan fingerprint density at radius 2 is 1.00 bits per heavy atom. The van der Waals surface area contributed by atoms with Gasteiger partial charge in [0.25, 0.3) is 0 Å². The van der Waals surface area contributed by atoms with Crippen LogP contribution in [0.3, 0.4) is 0 Å².